The molecular weight excluding hydrogens is 653 g/mol. The summed E-state index contributed by atoms with van der Waals surface area (Å²) in [7, 11) is 0. The van der Waals surface area contributed by atoms with Gasteiger partial charge in [-0.2, -0.15) is 0 Å². The molecule has 0 radical (unpaired) electrons. The number of nitrogens with zero attached hydrogens (tertiary/aromatic N) is 2. The molecular formula is C52H44N2. The Kier molecular flexibility index (Phi) is 8.20. The van der Waals surface area contributed by atoms with Crippen LogP contribution in [0.3, 0.4) is 0 Å². The average molecular weight is 697 g/mol. The molecule has 0 heterocycles. The van der Waals surface area contributed by atoms with Gasteiger partial charge in [0.1, 0.15) is 0 Å². The highest BCUT2D eigenvalue weighted by Crippen LogP contribution is 2.55. The van der Waals surface area contributed by atoms with Gasteiger partial charge in [-0.1, -0.05) is 149 Å². The first-order valence-corrected chi connectivity index (χ1v) is 19.0. The molecule has 2 aliphatic rings. The molecule has 2 aliphatic carbocycles. The molecule has 0 N–H and O–H groups in total. The molecule has 0 bridgehead atoms. The largest absolute Gasteiger partial charge is 0.314 e. The second-order valence-corrected chi connectivity index (χ2v) is 15.2. The Morgan fingerprint density at radius 2 is 1.07 bits per heavy atom. The van der Waals surface area contributed by atoms with Crippen LogP contribution in [0.15, 0.2) is 182 Å². The van der Waals surface area contributed by atoms with Crippen LogP contribution in [0.25, 0.3) is 39.3 Å². The average Bonchev–Trinajstić information content (AvgIpc) is 3.44. The molecule has 1 atom stereocenters. The highest BCUT2D eigenvalue weighted by Gasteiger charge is 2.42. The van der Waals surface area contributed by atoms with Crippen LogP contribution in [0.4, 0.5) is 28.4 Å². The third-order valence-corrected chi connectivity index (χ3v) is 11.6. The topological polar surface area (TPSA) is 6.48 Å². The zero-order chi connectivity index (χ0) is 37.0. The van der Waals surface area contributed by atoms with Gasteiger partial charge in [0.25, 0.3) is 0 Å². The number of allylic oxidation sites excluding steroid dienone is 4. The summed E-state index contributed by atoms with van der Waals surface area (Å²) in [5, 5.41) is 4.93. The van der Waals surface area contributed by atoms with Crippen molar-refractivity contribution in [3.63, 3.8) is 0 Å². The molecule has 2 heteroatoms. The Morgan fingerprint density at radius 3 is 1.65 bits per heavy atom. The van der Waals surface area contributed by atoms with Gasteiger partial charge in [0, 0.05) is 38.9 Å². The highest BCUT2D eigenvalue weighted by atomic mass is 15.2. The number of benzene rings is 7. The summed E-state index contributed by atoms with van der Waals surface area (Å²) in [5.41, 5.74) is 14.7. The highest BCUT2D eigenvalue weighted by molar-refractivity contribution is 6.00. The van der Waals surface area contributed by atoms with Gasteiger partial charge in [0.2, 0.25) is 0 Å². The molecule has 2 nitrogen and oxygen atoms in total. The fourth-order valence-corrected chi connectivity index (χ4v) is 8.85. The second kappa shape index (κ2) is 13.2. The van der Waals surface area contributed by atoms with Crippen LogP contribution in [0, 0.1) is 5.92 Å². The van der Waals surface area contributed by atoms with Crippen LogP contribution in [-0.4, -0.2) is 0 Å². The molecule has 0 saturated heterocycles. The normalized spacial score (nSPS) is 15.8. The standard InChI is InChI=1S/C52H44N2/c1-6-36-22-26-40(27-23-36)53(49-20-12-16-38-14-8-10-18-44(38)49)42-30-31-46-47(33-42)52(4,5)48-34-43(32-35(3)51(46)48)54(41-28-24-37(7-2)25-29-41)50-21-13-17-39-15-9-11-19-45(39)50/h6-31,33-35H,1-2,32H2,3-5H3. The van der Waals surface area contributed by atoms with E-state index in [1.165, 1.54) is 55.2 Å². The van der Waals surface area contributed by atoms with Gasteiger partial charge in [-0.3, -0.25) is 0 Å². The Hall–Kier alpha value is -6.38. The number of anilines is 5. The predicted octanol–water partition coefficient (Wildman–Crippen LogP) is 14.6. The van der Waals surface area contributed by atoms with Crippen molar-refractivity contribution in [2.75, 3.05) is 9.80 Å². The predicted molar refractivity (Wildman–Crippen MR) is 233 cm³/mol. The lowest BCUT2D eigenvalue weighted by atomic mass is 9.77. The summed E-state index contributed by atoms with van der Waals surface area (Å²) in [6, 6.07) is 55.4. The van der Waals surface area contributed by atoms with Crippen molar-refractivity contribution in [1.82, 2.24) is 0 Å². The lowest BCUT2D eigenvalue weighted by Crippen LogP contribution is -2.24. The molecule has 7 aromatic carbocycles. The van der Waals surface area contributed by atoms with Crippen LogP contribution in [-0.2, 0) is 5.41 Å². The maximum atomic E-state index is 4.01. The van der Waals surface area contributed by atoms with Crippen molar-refractivity contribution in [3.8, 4) is 0 Å². The van der Waals surface area contributed by atoms with Crippen molar-refractivity contribution in [1.29, 1.82) is 0 Å². The summed E-state index contributed by atoms with van der Waals surface area (Å²) in [6.45, 7) is 15.2. The molecule has 262 valence electrons. The zero-order valence-electron chi connectivity index (χ0n) is 31.3. The van der Waals surface area contributed by atoms with E-state index in [0.29, 0.717) is 5.92 Å². The molecule has 0 amide bonds. The Labute approximate surface area is 319 Å². The van der Waals surface area contributed by atoms with E-state index in [1.807, 2.05) is 12.2 Å². The zero-order valence-corrected chi connectivity index (χ0v) is 31.3. The number of hydrogen-bond donors (Lipinski definition) is 0. The van der Waals surface area contributed by atoms with Crippen molar-refractivity contribution >= 4 is 67.7 Å². The first-order valence-electron chi connectivity index (χ1n) is 19.0. The van der Waals surface area contributed by atoms with E-state index in [1.54, 1.807) is 0 Å². The first-order chi connectivity index (χ1) is 26.4. The van der Waals surface area contributed by atoms with Crippen molar-refractivity contribution in [2.45, 2.75) is 32.6 Å². The molecule has 54 heavy (non-hydrogen) atoms. The van der Waals surface area contributed by atoms with Gasteiger partial charge in [0.15, 0.2) is 0 Å². The molecule has 0 fully saturated rings. The van der Waals surface area contributed by atoms with Crippen LogP contribution in [0.5, 0.6) is 0 Å². The van der Waals surface area contributed by atoms with E-state index in [0.717, 1.165) is 40.3 Å². The van der Waals surface area contributed by atoms with E-state index < -0.39 is 0 Å². The molecule has 0 spiro atoms. The van der Waals surface area contributed by atoms with E-state index in [4.69, 9.17) is 0 Å². The summed E-state index contributed by atoms with van der Waals surface area (Å²) in [6.07, 6.45) is 7.26. The fourth-order valence-electron chi connectivity index (χ4n) is 8.85. The third kappa shape index (κ3) is 5.49. The number of hydrogen-bond acceptors (Lipinski definition) is 2. The van der Waals surface area contributed by atoms with Gasteiger partial charge >= 0.3 is 0 Å². The molecule has 1 unspecified atom stereocenters. The van der Waals surface area contributed by atoms with Gasteiger partial charge < -0.3 is 9.80 Å². The van der Waals surface area contributed by atoms with E-state index >= 15 is 0 Å². The monoisotopic (exact) mass is 696 g/mol. The van der Waals surface area contributed by atoms with Gasteiger partial charge in [-0.15, -0.1) is 0 Å². The van der Waals surface area contributed by atoms with Crippen LogP contribution in [0.2, 0.25) is 0 Å². The molecule has 0 aromatic heterocycles. The molecule has 7 aromatic rings. The van der Waals surface area contributed by atoms with E-state index in [-0.39, 0.29) is 5.41 Å². The minimum atomic E-state index is -0.213. The minimum Gasteiger partial charge on any atom is -0.314 e. The first kappa shape index (κ1) is 33.5. The van der Waals surface area contributed by atoms with E-state index in [2.05, 4.69) is 201 Å². The van der Waals surface area contributed by atoms with E-state index in [9.17, 15) is 0 Å². The third-order valence-electron chi connectivity index (χ3n) is 11.6. The summed E-state index contributed by atoms with van der Waals surface area (Å²) < 4.78 is 0. The summed E-state index contributed by atoms with van der Waals surface area (Å²) >= 11 is 0. The minimum absolute atomic E-state index is 0.213. The van der Waals surface area contributed by atoms with Gasteiger partial charge in [0.05, 0.1) is 11.4 Å². The smallest absolute Gasteiger partial charge is 0.0540 e. The molecule has 9 rings (SSSR count). The van der Waals surface area contributed by atoms with Crippen molar-refractivity contribution in [2.24, 2.45) is 5.92 Å². The van der Waals surface area contributed by atoms with Gasteiger partial charge in [-0.05, 0) is 111 Å². The van der Waals surface area contributed by atoms with Crippen LogP contribution < -0.4 is 9.80 Å². The SMILES string of the molecule is C=Cc1ccc(N(C2=CC3=C(c4ccc(N(c5ccc(C=C)cc5)c5cccc6ccccc56)cc4C3(C)C)C(C)C2)c2cccc3ccccc23)cc1. The lowest BCUT2D eigenvalue weighted by Gasteiger charge is -2.35. The summed E-state index contributed by atoms with van der Waals surface area (Å²) in [5.74, 6) is 0.330. The second-order valence-electron chi connectivity index (χ2n) is 15.2. The van der Waals surface area contributed by atoms with Crippen LogP contribution >= 0.6 is 0 Å². The number of rotatable bonds is 8. The van der Waals surface area contributed by atoms with Crippen LogP contribution in [0.1, 0.15) is 49.4 Å². The molecule has 0 aliphatic heterocycles. The quantitative estimate of drug-likeness (QED) is 0.156. The Bertz CT molecular complexity index is 2640. The maximum absolute atomic E-state index is 4.01. The fraction of sp³-hybridized carbons (Fsp3) is 0.115. The Balaban J connectivity index is 1.19. The van der Waals surface area contributed by atoms with Crippen molar-refractivity contribution < 1.29 is 0 Å². The lowest BCUT2D eigenvalue weighted by molar-refractivity contribution is 0.634. The summed E-state index contributed by atoms with van der Waals surface area (Å²) in [4.78, 5) is 4.91. The van der Waals surface area contributed by atoms with Crippen molar-refractivity contribution in [3.05, 3.63) is 204 Å². The molecule has 0 saturated carbocycles. The number of fused-ring (bicyclic) bond motifs is 4. The maximum Gasteiger partial charge on any atom is 0.0540 e. The van der Waals surface area contributed by atoms with Gasteiger partial charge in [-0.25, -0.2) is 0 Å². The Morgan fingerprint density at radius 1 is 0.574 bits per heavy atom.